The normalized spacial score (nSPS) is 12.8. The molecule has 5 heteroatoms. The maximum absolute atomic E-state index is 12.1. The number of nitrogens with one attached hydrogen (secondary N) is 1. The third-order valence-electron chi connectivity index (χ3n) is 3.11. The van der Waals surface area contributed by atoms with E-state index in [4.69, 9.17) is 5.11 Å². The summed E-state index contributed by atoms with van der Waals surface area (Å²) in [4.78, 5) is 23.8. The standard InChI is InChI=1S/C15H21NO3S/c1-5-15(3,4)16-13(17)10(2)20-12-8-6-7-11(9-12)14(18)19/h6-10H,5H2,1-4H3,(H,16,17)(H,18,19). The lowest BCUT2D eigenvalue weighted by molar-refractivity contribution is -0.121. The zero-order valence-corrected chi connectivity index (χ0v) is 13.1. The van der Waals surface area contributed by atoms with Crippen LogP contribution in [-0.2, 0) is 4.79 Å². The van der Waals surface area contributed by atoms with Gasteiger partial charge in [0.15, 0.2) is 0 Å². The predicted molar refractivity (Wildman–Crippen MR) is 81.2 cm³/mol. The van der Waals surface area contributed by atoms with E-state index in [9.17, 15) is 9.59 Å². The molecule has 0 saturated heterocycles. The third-order valence-corrected chi connectivity index (χ3v) is 4.20. The Labute approximate surface area is 124 Å². The molecule has 110 valence electrons. The van der Waals surface area contributed by atoms with Crippen LogP contribution in [0.5, 0.6) is 0 Å². The van der Waals surface area contributed by atoms with Gasteiger partial charge in [-0.05, 0) is 45.4 Å². The SMILES string of the molecule is CCC(C)(C)NC(=O)C(C)Sc1cccc(C(=O)O)c1. The summed E-state index contributed by atoms with van der Waals surface area (Å²) in [6.07, 6.45) is 0.852. The fourth-order valence-electron chi connectivity index (χ4n) is 1.48. The summed E-state index contributed by atoms with van der Waals surface area (Å²) in [5.74, 6) is -1.00. The molecule has 0 fully saturated rings. The van der Waals surface area contributed by atoms with E-state index in [1.54, 1.807) is 12.1 Å². The van der Waals surface area contributed by atoms with E-state index >= 15 is 0 Å². The van der Waals surface area contributed by atoms with Crippen molar-refractivity contribution in [3.8, 4) is 0 Å². The monoisotopic (exact) mass is 295 g/mol. The van der Waals surface area contributed by atoms with E-state index in [1.807, 2.05) is 33.8 Å². The summed E-state index contributed by atoms with van der Waals surface area (Å²) in [7, 11) is 0. The van der Waals surface area contributed by atoms with Crippen LogP contribution in [0.25, 0.3) is 0 Å². The second kappa shape index (κ2) is 6.79. The fraction of sp³-hybridized carbons (Fsp3) is 0.467. The molecule has 1 amide bonds. The molecule has 1 unspecified atom stereocenters. The first kappa shape index (κ1) is 16.6. The average Bonchev–Trinajstić information content (AvgIpc) is 2.38. The number of amides is 1. The number of hydrogen-bond donors (Lipinski definition) is 2. The molecule has 4 nitrogen and oxygen atoms in total. The average molecular weight is 295 g/mol. The Balaban J connectivity index is 2.71. The van der Waals surface area contributed by atoms with E-state index in [2.05, 4.69) is 5.32 Å². The molecule has 0 saturated carbocycles. The first-order valence-corrected chi connectivity index (χ1v) is 7.45. The van der Waals surface area contributed by atoms with Crippen LogP contribution in [0.2, 0.25) is 0 Å². The summed E-state index contributed by atoms with van der Waals surface area (Å²) in [5, 5.41) is 11.7. The zero-order chi connectivity index (χ0) is 15.3. The van der Waals surface area contributed by atoms with Crippen molar-refractivity contribution in [2.45, 2.75) is 49.8 Å². The van der Waals surface area contributed by atoms with Gasteiger partial charge in [0.1, 0.15) is 0 Å². The van der Waals surface area contributed by atoms with Gasteiger partial charge >= 0.3 is 5.97 Å². The van der Waals surface area contributed by atoms with E-state index in [0.29, 0.717) is 0 Å². The molecule has 0 heterocycles. The lowest BCUT2D eigenvalue weighted by Gasteiger charge is -2.26. The highest BCUT2D eigenvalue weighted by atomic mass is 32.2. The number of carboxylic acid groups (broad SMARTS) is 1. The number of rotatable bonds is 6. The van der Waals surface area contributed by atoms with Crippen molar-refractivity contribution in [1.29, 1.82) is 0 Å². The van der Waals surface area contributed by atoms with Gasteiger partial charge in [0.2, 0.25) is 5.91 Å². The predicted octanol–water partition coefficient (Wildman–Crippen LogP) is 3.17. The number of thioether (sulfide) groups is 1. The van der Waals surface area contributed by atoms with E-state index in [0.717, 1.165) is 11.3 Å². The topological polar surface area (TPSA) is 66.4 Å². The molecule has 20 heavy (non-hydrogen) atoms. The molecule has 0 bridgehead atoms. The number of benzene rings is 1. The zero-order valence-electron chi connectivity index (χ0n) is 12.3. The maximum Gasteiger partial charge on any atom is 0.335 e. The van der Waals surface area contributed by atoms with Crippen LogP contribution in [0, 0.1) is 0 Å². The minimum absolute atomic E-state index is 0.0393. The highest BCUT2D eigenvalue weighted by Crippen LogP contribution is 2.25. The lowest BCUT2D eigenvalue weighted by atomic mass is 10.0. The molecular weight excluding hydrogens is 274 g/mol. The Kier molecular flexibility index (Phi) is 5.62. The molecule has 2 N–H and O–H groups in total. The molecule has 1 atom stereocenters. The summed E-state index contributed by atoms with van der Waals surface area (Å²) >= 11 is 1.36. The quantitative estimate of drug-likeness (QED) is 0.791. The fourth-order valence-corrected chi connectivity index (χ4v) is 2.41. The first-order chi connectivity index (χ1) is 9.25. The van der Waals surface area contributed by atoms with Crippen LogP contribution in [0.4, 0.5) is 0 Å². The Morgan fingerprint density at radius 2 is 2.05 bits per heavy atom. The first-order valence-electron chi connectivity index (χ1n) is 6.57. The number of aromatic carboxylic acids is 1. The van der Waals surface area contributed by atoms with Crippen LogP contribution in [-0.4, -0.2) is 27.8 Å². The van der Waals surface area contributed by atoms with Gasteiger partial charge in [-0.25, -0.2) is 4.79 Å². The lowest BCUT2D eigenvalue weighted by Crippen LogP contribution is -2.46. The van der Waals surface area contributed by atoms with Gasteiger partial charge in [0, 0.05) is 10.4 Å². The van der Waals surface area contributed by atoms with Crippen molar-refractivity contribution in [3.63, 3.8) is 0 Å². The van der Waals surface area contributed by atoms with Gasteiger partial charge in [-0.15, -0.1) is 11.8 Å². The molecule has 0 spiro atoms. The molecular formula is C15H21NO3S. The summed E-state index contributed by atoms with van der Waals surface area (Å²) in [5.41, 5.74) is 0.00550. The Morgan fingerprint density at radius 1 is 1.40 bits per heavy atom. The second-order valence-electron chi connectivity index (χ2n) is 5.32. The molecule has 0 aliphatic heterocycles. The summed E-state index contributed by atoms with van der Waals surface area (Å²) in [6, 6.07) is 6.62. The number of carbonyl (C=O) groups is 2. The number of carboxylic acids is 1. The van der Waals surface area contributed by atoms with Gasteiger partial charge < -0.3 is 10.4 Å². The number of carbonyl (C=O) groups excluding carboxylic acids is 1. The smallest absolute Gasteiger partial charge is 0.335 e. The van der Waals surface area contributed by atoms with E-state index in [1.165, 1.54) is 17.8 Å². The van der Waals surface area contributed by atoms with Gasteiger partial charge in [0.05, 0.1) is 10.8 Å². The number of hydrogen-bond acceptors (Lipinski definition) is 3. The molecule has 0 aliphatic rings. The molecule has 1 rings (SSSR count). The van der Waals surface area contributed by atoms with Gasteiger partial charge in [-0.1, -0.05) is 13.0 Å². The Morgan fingerprint density at radius 3 is 2.60 bits per heavy atom. The third kappa shape index (κ3) is 4.89. The second-order valence-corrected chi connectivity index (χ2v) is 6.73. The highest BCUT2D eigenvalue weighted by Gasteiger charge is 2.22. The molecule has 0 aromatic heterocycles. The molecule has 1 aromatic carbocycles. The summed E-state index contributed by atoms with van der Waals surface area (Å²) < 4.78 is 0. The maximum atomic E-state index is 12.1. The van der Waals surface area contributed by atoms with Crippen LogP contribution in [0.1, 0.15) is 44.5 Å². The van der Waals surface area contributed by atoms with Crippen molar-refractivity contribution < 1.29 is 14.7 Å². The highest BCUT2D eigenvalue weighted by molar-refractivity contribution is 8.00. The van der Waals surface area contributed by atoms with Crippen molar-refractivity contribution in [2.75, 3.05) is 0 Å². The van der Waals surface area contributed by atoms with Gasteiger partial charge in [-0.3, -0.25) is 4.79 Å². The molecule has 0 radical (unpaired) electrons. The van der Waals surface area contributed by atoms with E-state index < -0.39 is 5.97 Å². The minimum atomic E-state index is -0.961. The molecule has 1 aromatic rings. The van der Waals surface area contributed by atoms with Gasteiger partial charge in [0.25, 0.3) is 0 Å². The van der Waals surface area contributed by atoms with Crippen molar-refractivity contribution in [3.05, 3.63) is 29.8 Å². The van der Waals surface area contributed by atoms with Crippen molar-refractivity contribution >= 4 is 23.6 Å². The van der Waals surface area contributed by atoms with Crippen LogP contribution in [0.15, 0.2) is 29.2 Å². The van der Waals surface area contributed by atoms with Crippen LogP contribution in [0.3, 0.4) is 0 Å². The van der Waals surface area contributed by atoms with E-state index in [-0.39, 0.29) is 22.3 Å². The Bertz CT molecular complexity index is 500. The van der Waals surface area contributed by atoms with Crippen LogP contribution < -0.4 is 5.32 Å². The minimum Gasteiger partial charge on any atom is -0.478 e. The largest absolute Gasteiger partial charge is 0.478 e. The van der Waals surface area contributed by atoms with Gasteiger partial charge in [-0.2, -0.15) is 0 Å². The van der Waals surface area contributed by atoms with Crippen molar-refractivity contribution in [2.24, 2.45) is 0 Å². The summed E-state index contributed by atoms with van der Waals surface area (Å²) in [6.45, 7) is 7.80. The molecule has 0 aliphatic carbocycles. The van der Waals surface area contributed by atoms with Crippen LogP contribution >= 0.6 is 11.8 Å². The van der Waals surface area contributed by atoms with Crippen molar-refractivity contribution in [1.82, 2.24) is 5.32 Å². The Hall–Kier alpha value is -1.49.